The van der Waals surface area contributed by atoms with E-state index in [1.807, 2.05) is 48.5 Å². The summed E-state index contributed by atoms with van der Waals surface area (Å²) < 4.78 is 1.02. The van der Waals surface area contributed by atoms with Crippen molar-refractivity contribution < 1.29 is 0 Å². The summed E-state index contributed by atoms with van der Waals surface area (Å²) in [6.07, 6.45) is 0.640. The maximum Gasteiger partial charge on any atom is 0.0914 e. The number of hydrogen-bond donors (Lipinski definition) is 0. The van der Waals surface area contributed by atoms with E-state index in [1.165, 1.54) is 0 Å². The van der Waals surface area contributed by atoms with Crippen LogP contribution in [0.15, 0.2) is 58.0 Å². The van der Waals surface area contributed by atoms with Gasteiger partial charge < -0.3 is 0 Å². The molecule has 0 aromatic heterocycles. The van der Waals surface area contributed by atoms with E-state index in [4.69, 9.17) is 16.6 Å². The van der Waals surface area contributed by atoms with Crippen LogP contribution in [0.3, 0.4) is 0 Å². The smallest absolute Gasteiger partial charge is 0.0914 e. The fourth-order valence-electron chi connectivity index (χ4n) is 2.59. The molecule has 0 unspecified atom stereocenters. The number of nitriles is 1. The Kier molecular flexibility index (Phi) is 4.10. The van der Waals surface area contributed by atoms with Crippen molar-refractivity contribution in [2.45, 2.75) is 12.5 Å². The third-order valence-corrected chi connectivity index (χ3v) is 4.51. The van der Waals surface area contributed by atoms with Crippen molar-refractivity contribution in [2.75, 3.05) is 0 Å². The molecule has 0 radical (unpaired) electrons. The average Bonchev–Trinajstić information content (AvgIpc) is 2.92. The summed E-state index contributed by atoms with van der Waals surface area (Å²) in [6, 6.07) is 17.9. The largest absolute Gasteiger partial charge is 0.280 e. The summed E-state index contributed by atoms with van der Waals surface area (Å²) in [5.74, 6) is -0.141. The Hall–Kier alpha value is -1.63. The lowest BCUT2D eigenvalue weighted by Crippen LogP contribution is -2.05. The van der Waals surface area contributed by atoms with Gasteiger partial charge in [-0.3, -0.25) is 4.99 Å². The van der Waals surface area contributed by atoms with Crippen LogP contribution in [-0.2, 0) is 0 Å². The molecule has 21 heavy (non-hydrogen) atoms. The predicted molar refractivity (Wildman–Crippen MR) is 88.6 cm³/mol. The predicted octanol–water partition coefficient (Wildman–Crippen LogP) is 5.18. The minimum atomic E-state index is -0.141. The topological polar surface area (TPSA) is 36.1 Å². The van der Waals surface area contributed by atoms with Crippen LogP contribution in [0.4, 0.5) is 0 Å². The fraction of sp³-hybridized carbons (Fsp3) is 0.176. The first-order valence-electron chi connectivity index (χ1n) is 6.65. The van der Waals surface area contributed by atoms with Crippen LogP contribution >= 0.6 is 27.5 Å². The summed E-state index contributed by atoms with van der Waals surface area (Å²) in [4.78, 5) is 4.77. The van der Waals surface area contributed by atoms with Crippen LogP contribution in [0.1, 0.15) is 23.6 Å². The van der Waals surface area contributed by atoms with Crippen molar-refractivity contribution in [3.63, 3.8) is 0 Å². The Morgan fingerprint density at radius 2 is 1.86 bits per heavy atom. The second kappa shape index (κ2) is 6.01. The first kappa shape index (κ1) is 14.3. The van der Waals surface area contributed by atoms with Gasteiger partial charge in [0.1, 0.15) is 0 Å². The molecule has 2 nitrogen and oxygen atoms in total. The molecular weight excluding hydrogens is 348 g/mol. The van der Waals surface area contributed by atoms with E-state index >= 15 is 0 Å². The van der Waals surface area contributed by atoms with Crippen molar-refractivity contribution in [1.82, 2.24) is 0 Å². The Morgan fingerprint density at radius 1 is 1.14 bits per heavy atom. The van der Waals surface area contributed by atoms with Gasteiger partial charge >= 0.3 is 0 Å². The highest BCUT2D eigenvalue weighted by molar-refractivity contribution is 9.10. The molecule has 3 rings (SSSR count). The fourth-order valence-corrected chi connectivity index (χ4v) is 3.10. The molecule has 0 spiro atoms. The molecule has 0 amide bonds. The second-order valence-corrected chi connectivity index (χ2v) is 6.31. The molecular formula is C17H12BrClN2. The number of halogens is 2. The minimum absolute atomic E-state index is 0.116. The van der Waals surface area contributed by atoms with Gasteiger partial charge in [0, 0.05) is 27.2 Å². The van der Waals surface area contributed by atoms with E-state index in [-0.39, 0.29) is 12.0 Å². The molecule has 0 saturated carbocycles. The SMILES string of the molecule is N#C[C@H]1CC(c2ccccc2Cl)=N[C@H]1c1ccc(Br)cc1. The number of nitrogens with zero attached hydrogens (tertiary/aromatic N) is 2. The van der Waals surface area contributed by atoms with Gasteiger partial charge in [0.15, 0.2) is 0 Å². The Bertz CT molecular complexity index is 731. The molecule has 1 aliphatic heterocycles. The van der Waals surface area contributed by atoms with Crippen molar-refractivity contribution in [3.8, 4) is 6.07 Å². The van der Waals surface area contributed by atoms with E-state index in [2.05, 4.69) is 22.0 Å². The molecule has 0 N–H and O–H groups in total. The van der Waals surface area contributed by atoms with Gasteiger partial charge in [-0.1, -0.05) is 57.9 Å². The van der Waals surface area contributed by atoms with Gasteiger partial charge in [0.25, 0.3) is 0 Å². The van der Waals surface area contributed by atoms with Gasteiger partial charge in [0.05, 0.1) is 18.0 Å². The zero-order valence-corrected chi connectivity index (χ0v) is 13.5. The summed E-state index contributed by atoms with van der Waals surface area (Å²) in [5.41, 5.74) is 2.91. The number of aliphatic imine (C=N–C) groups is 1. The molecule has 104 valence electrons. The van der Waals surface area contributed by atoms with E-state index in [0.29, 0.717) is 11.4 Å². The minimum Gasteiger partial charge on any atom is -0.280 e. The monoisotopic (exact) mass is 358 g/mol. The zero-order chi connectivity index (χ0) is 14.8. The van der Waals surface area contributed by atoms with E-state index in [1.54, 1.807) is 0 Å². The van der Waals surface area contributed by atoms with Crippen molar-refractivity contribution >= 4 is 33.2 Å². The van der Waals surface area contributed by atoms with Gasteiger partial charge in [0.2, 0.25) is 0 Å². The molecule has 2 aromatic rings. The lowest BCUT2D eigenvalue weighted by molar-refractivity contribution is 0.593. The quantitative estimate of drug-likeness (QED) is 0.728. The van der Waals surface area contributed by atoms with E-state index in [9.17, 15) is 5.26 Å². The van der Waals surface area contributed by atoms with Crippen LogP contribution in [0.2, 0.25) is 5.02 Å². The third-order valence-electron chi connectivity index (χ3n) is 3.65. The normalized spacial score (nSPS) is 20.9. The van der Waals surface area contributed by atoms with Crippen molar-refractivity contribution in [3.05, 3.63) is 69.2 Å². The maximum atomic E-state index is 9.42. The molecule has 2 aromatic carbocycles. The molecule has 0 saturated heterocycles. The lowest BCUT2D eigenvalue weighted by Gasteiger charge is -2.11. The van der Waals surface area contributed by atoms with Crippen LogP contribution in [0.25, 0.3) is 0 Å². The van der Waals surface area contributed by atoms with Gasteiger partial charge in [-0.2, -0.15) is 5.26 Å². The van der Waals surface area contributed by atoms with Gasteiger partial charge in [-0.25, -0.2) is 0 Å². The van der Waals surface area contributed by atoms with Gasteiger partial charge in [-0.15, -0.1) is 0 Å². The maximum absolute atomic E-state index is 9.42. The number of rotatable bonds is 2. The molecule has 1 aliphatic rings. The molecule has 2 atom stereocenters. The Morgan fingerprint density at radius 3 is 2.52 bits per heavy atom. The Balaban J connectivity index is 1.99. The highest BCUT2D eigenvalue weighted by Gasteiger charge is 2.31. The molecule has 0 bridgehead atoms. The van der Waals surface area contributed by atoms with E-state index < -0.39 is 0 Å². The molecule has 0 fully saturated rings. The summed E-state index contributed by atoms with van der Waals surface area (Å²) in [5, 5.41) is 10.1. The van der Waals surface area contributed by atoms with Crippen molar-refractivity contribution in [1.29, 1.82) is 5.26 Å². The first-order valence-corrected chi connectivity index (χ1v) is 7.83. The van der Waals surface area contributed by atoms with Gasteiger partial charge in [-0.05, 0) is 23.8 Å². The highest BCUT2D eigenvalue weighted by atomic mass is 79.9. The van der Waals surface area contributed by atoms with Crippen LogP contribution in [0.5, 0.6) is 0 Å². The van der Waals surface area contributed by atoms with E-state index in [0.717, 1.165) is 21.3 Å². The highest BCUT2D eigenvalue weighted by Crippen LogP contribution is 2.37. The molecule has 4 heteroatoms. The number of benzene rings is 2. The lowest BCUT2D eigenvalue weighted by atomic mass is 9.93. The van der Waals surface area contributed by atoms with Crippen LogP contribution in [0, 0.1) is 17.2 Å². The summed E-state index contributed by atoms with van der Waals surface area (Å²) in [6.45, 7) is 0. The number of hydrogen-bond acceptors (Lipinski definition) is 2. The molecule has 0 aliphatic carbocycles. The van der Waals surface area contributed by atoms with Crippen LogP contribution < -0.4 is 0 Å². The zero-order valence-electron chi connectivity index (χ0n) is 11.1. The summed E-state index contributed by atoms with van der Waals surface area (Å²) >= 11 is 9.67. The van der Waals surface area contributed by atoms with Crippen LogP contribution in [-0.4, -0.2) is 5.71 Å². The first-order chi connectivity index (χ1) is 10.2. The molecule has 1 heterocycles. The average molecular weight is 360 g/mol. The van der Waals surface area contributed by atoms with Crippen molar-refractivity contribution in [2.24, 2.45) is 10.9 Å². The second-order valence-electron chi connectivity index (χ2n) is 4.99. The standard InChI is InChI=1S/C17H12BrClN2/c18-13-7-5-11(6-8-13)17-12(10-20)9-16(21-17)14-3-1-2-4-15(14)19/h1-8,12,17H,9H2/t12-,17+/m1/s1. The Labute approximate surface area is 137 Å². The summed E-state index contributed by atoms with van der Waals surface area (Å²) in [7, 11) is 0. The third kappa shape index (κ3) is 2.88.